The van der Waals surface area contributed by atoms with Gasteiger partial charge >= 0.3 is 0 Å². The van der Waals surface area contributed by atoms with Crippen molar-refractivity contribution in [3.05, 3.63) is 33.3 Å². The van der Waals surface area contributed by atoms with Crippen molar-refractivity contribution in [3.8, 4) is 0 Å². The van der Waals surface area contributed by atoms with Gasteiger partial charge in [-0.05, 0) is 46.8 Å². The van der Waals surface area contributed by atoms with Crippen molar-refractivity contribution in [1.82, 2.24) is 5.32 Å². The van der Waals surface area contributed by atoms with Crippen molar-refractivity contribution in [2.24, 2.45) is 0 Å². The summed E-state index contributed by atoms with van der Waals surface area (Å²) in [6.07, 6.45) is 1.71. The third-order valence-electron chi connectivity index (χ3n) is 3.59. The van der Waals surface area contributed by atoms with E-state index in [-0.39, 0.29) is 27.6 Å². The molecule has 0 aromatic heterocycles. The second-order valence-corrected chi connectivity index (χ2v) is 6.39. The average molecular weight is 318 g/mol. The van der Waals surface area contributed by atoms with Gasteiger partial charge in [0, 0.05) is 17.2 Å². The highest BCUT2D eigenvalue weighted by Crippen LogP contribution is 2.48. The van der Waals surface area contributed by atoms with Crippen LogP contribution in [0.5, 0.6) is 0 Å². The largest absolute Gasteiger partial charge is 0.310 e. The quantitative estimate of drug-likeness (QED) is 0.812. The van der Waals surface area contributed by atoms with Crippen LogP contribution < -0.4 is 5.32 Å². The van der Waals surface area contributed by atoms with E-state index in [4.69, 9.17) is 0 Å². The first-order valence-corrected chi connectivity index (χ1v) is 7.09. The minimum absolute atomic E-state index is 0.0954. The molecule has 0 bridgehead atoms. The van der Waals surface area contributed by atoms with Crippen LogP contribution in [0.25, 0.3) is 0 Å². The lowest BCUT2D eigenvalue weighted by atomic mass is 9.86. The fraction of sp³-hybridized carbons (Fsp3) is 0.571. The molecule has 0 fully saturated rings. The fourth-order valence-corrected chi connectivity index (χ4v) is 3.25. The van der Waals surface area contributed by atoms with Crippen LogP contribution in [0, 0.1) is 11.6 Å². The molecule has 0 saturated heterocycles. The Labute approximate surface area is 115 Å². The van der Waals surface area contributed by atoms with Crippen LogP contribution in [-0.4, -0.2) is 6.54 Å². The summed E-state index contributed by atoms with van der Waals surface area (Å²) < 4.78 is 28.6. The Morgan fingerprint density at radius 1 is 1.44 bits per heavy atom. The predicted molar refractivity (Wildman–Crippen MR) is 72.7 cm³/mol. The van der Waals surface area contributed by atoms with E-state index in [0.717, 1.165) is 19.4 Å². The van der Waals surface area contributed by atoms with Crippen LogP contribution in [0.1, 0.15) is 50.8 Å². The van der Waals surface area contributed by atoms with Crippen LogP contribution in [0.3, 0.4) is 0 Å². The Morgan fingerprint density at radius 3 is 2.72 bits per heavy atom. The highest BCUT2D eigenvalue weighted by atomic mass is 79.9. The zero-order chi connectivity index (χ0) is 13.5. The molecule has 18 heavy (non-hydrogen) atoms. The first kappa shape index (κ1) is 13.9. The van der Waals surface area contributed by atoms with Crippen molar-refractivity contribution in [1.29, 1.82) is 0 Å². The molecule has 1 atom stereocenters. The molecule has 0 amide bonds. The zero-order valence-corrected chi connectivity index (χ0v) is 12.5. The van der Waals surface area contributed by atoms with E-state index in [1.165, 1.54) is 6.07 Å². The minimum Gasteiger partial charge on any atom is -0.310 e. The summed E-state index contributed by atoms with van der Waals surface area (Å²) in [4.78, 5) is 0. The van der Waals surface area contributed by atoms with Crippen LogP contribution in [0.4, 0.5) is 8.78 Å². The van der Waals surface area contributed by atoms with Crippen molar-refractivity contribution in [2.75, 3.05) is 6.54 Å². The summed E-state index contributed by atoms with van der Waals surface area (Å²) in [5.41, 5.74) is 0.698. The monoisotopic (exact) mass is 317 g/mol. The molecule has 1 aliphatic rings. The van der Waals surface area contributed by atoms with E-state index < -0.39 is 0 Å². The number of hydrogen-bond donors (Lipinski definition) is 1. The van der Waals surface area contributed by atoms with Gasteiger partial charge in [-0.3, -0.25) is 0 Å². The van der Waals surface area contributed by atoms with Crippen LogP contribution in [0.2, 0.25) is 0 Å². The van der Waals surface area contributed by atoms with Crippen molar-refractivity contribution < 1.29 is 8.78 Å². The summed E-state index contributed by atoms with van der Waals surface area (Å²) in [5, 5.41) is 3.31. The maximum atomic E-state index is 14.2. The molecule has 0 radical (unpaired) electrons. The Kier molecular flexibility index (Phi) is 3.79. The second kappa shape index (κ2) is 4.89. The van der Waals surface area contributed by atoms with Gasteiger partial charge in [-0.15, -0.1) is 0 Å². The van der Waals surface area contributed by atoms with E-state index >= 15 is 0 Å². The lowest BCUT2D eigenvalue weighted by Gasteiger charge is -2.20. The van der Waals surface area contributed by atoms with Crippen molar-refractivity contribution in [2.45, 2.75) is 45.1 Å². The highest BCUT2D eigenvalue weighted by molar-refractivity contribution is 9.10. The summed E-state index contributed by atoms with van der Waals surface area (Å²) in [6, 6.07) is 1.14. The topological polar surface area (TPSA) is 12.0 Å². The van der Waals surface area contributed by atoms with Crippen LogP contribution >= 0.6 is 15.9 Å². The van der Waals surface area contributed by atoms with Gasteiger partial charge in [-0.25, -0.2) is 8.78 Å². The summed E-state index contributed by atoms with van der Waals surface area (Å²) >= 11 is 3.09. The number of hydrogen-bond acceptors (Lipinski definition) is 1. The zero-order valence-electron chi connectivity index (χ0n) is 10.9. The number of fused-ring (bicyclic) bond motifs is 1. The minimum atomic E-state index is -0.328. The van der Waals surface area contributed by atoms with E-state index in [1.807, 2.05) is 13.8 Å². The summed E-state index contributed by atoms with van der Waals surface area (Å²) in [6.45, 7) is 6.81. The Bertz CT molecular complexity index is 471. The molecule has 0 saturated carbocycles. The molecular formula is C14H18BrF2N. The molecule has 1 unspecified atom stereocenters. The highest BCUT2D eigenvalue weighted by Gasteiger charge is 2.41. The molecule has 0 aliphatic heterocycles. The van der Waals surface area contributed by atoms with Gasteiger partial charge in [-0.1, -0.05) is 20.8 Å². The van der Waals surface area contributed by atoms with Gasteiger partial charge in [0.2, 0.25) is 0 Å². The molecule has 1 aromatic carbocycles. The molecular weight excluding hydrogens is 300 g/mol. The number of benzene rings is 1. The molecule has 0 spiro atoms. The molecule has 4 heteroatoms. The standard InChI is InChI=1S/C14H18BrF2N/c1-4-5-18-10-7-14(2,3)12-9(16)6-8(15)13(17)11(10)12/h6,10,18H,4-5,7H2,1-3H3. The van der Waals surface area contributed by atoms with Gasteiger partial charge < -0.3 is 5.32 Å². The van der Waals surface area contributed by atoms with Crippen LogP contribution in [0.15, 0.2) is 10.5 Å². The number of rotatable bonds is 3. The van der Waals surface area contributed by atoms with Gasteiger partial charge in [0.15, 0.2) is 0 Å². The predicted octanol–water partition coefficient (Wildman–Crippen LogP) is 4.45. The van der Waals surface area contributed by atoms with E-state index in [1.54, 1.807) is 0 Å². The van der Waals surface area contributed by atoms with Gasteiger partial charge in [0.1, 0.15) is 11.6 Å². The lowest BCUT2D eigenvalue weighted by Crippen LogP contribution is -2.22. The maximum Gasteiger partial charge on any atom is 0.142 e. The third-order valence-corrected chi connectivity index (χ3v) is 4.17. The Morgan fingerprint density at radius 2 is 2.11 bits per heavy atom. The molecule has 100 valence electrons. The van der Waals surface area contributed by atoms with Crippen molar-refractivity contribution in [3.63, 3.8) is 0 Å². The number of halogens is 3. The lowest BCUT2D eigenvalue weighted by molar-refractivity contribution is 0.416. The SMILES string of the molecule is CCCNC1CC(C)(C)c2c(F)cc(Br)c(F)c21. The average Bonchev–Trinajstić information content (AvgIpc) is 2.55. The first-order chi connectivity index (χ1) is 8.38. The summed E-state index contributed by atoms with van der Waals surface area (Å²) in [5.74, 6) is -0.644. The smallest absolute Gasteiger partial charge is 0.142 e. The Balaban J connectivity index is 2.53. The van der Waals surface area contributed by atoms with E-state index in [0.29, 0.717) is 11.1 Å². The molecule has 1 aromatic rings. The number of nitrogens with one attached hydrogen (secondary N) is 1. The van der Waals surface area contributed by atoms with Crippen LogP contribution in [-0.2, 0) is 5.41 Å². The maximum absolute atomic E-state index is 14.2. The van der Waals surface area contributed by atoms with E-state index in [2.05, 4.69) is 28.2 Å². The molecule has 1 N–H and O–H groups in total. The van der Waals surface area contributed by atoms with Gasteiger partial charge in [0.05, 0.1) is 4.47 Å². The molecule has 2 rings (SSSR count). The second-order valence-electron chi connectivity index (χ2n) is 5.54. The molecule has 0 heterocycles. The molecule has 1 nitrogen and oxygen atoms in total. The third kappa shape index (κ3) is 2.21. The van der Waals surface area contributed by atoms with Gasteiger partial charge in [-0.2, -0.15) is 0 Å². The normalized spacial score (nSPS) is 21.1. The van der Waals surface area contributed by atoms with Crippen molar-refractivity contribution >= 4 is 15.9 Å². The summed E-state index contributed by atoms with van der Waals surface area (Å²) in [7, 11) is 0. The van der Waals surface area contributed by atoms with E-state index in [9.17, 15) is 8.78 Å². The fourth-order valence-electron chi connectivity index (χ4n) is 2.84. The Hall–Kier alpha value is -0.480. The first-order valence-electron chi connectivity index (χ1n) is 6.29. The molecule has 1 aliphatic carbocycles. The van der Waals surface area contributed by atoms with Gasteiger partial charge in [0.25, 0.3) is 0 Å².